The Morgan fingerprint density at radius 1 is 1.00 bits per heavy atom. The smallest absolute Gasteiger partial charge is 0.300 e. The molecule has 168 valence electrons. The second-order valence-corrected chi connectivity index (χ2v) is 8.37. The molecule has 0 aliphatic carbocycles. The Bertz CT molecular complexity index is 1270. The molecular formula is C26H21Cl2NO4. The molecule has 1 unspecified atom stereocenters. The Kier molecular flexibility index (Phi) is 6.45. The van der Waals surface area contributed by atoms with E-state index in [1.807, 2.05) is 19.1 Å². The van der Waals surface area contributed by atoms with Gasteiger partial charge in [-0.15, -0.1) is 0 Å². The number of benzene rings is 3. The number of nitrogens with zero attached hydrogens (tertiary/aromatic N) is 1. The number of hydrogen-bond acceptors (Lipinski definition) is 4. The van der Waals surface area contributed by atoms with Crippen molar-refractivity contribution in [1.29, 1.82) is 0 Å². The quantitative estimate of drug-likeness (QED) is 0.268. The number of ketones is 1. The van der Waals surface area contributed by atoms with Crippen molar-refractivity contribution in [2.45, 2.75) is 19.4 Å². The Labute approximate surface area is 201 Å². The molecule has 3 aromatic carbocycles. The lowest BCUT2D eigenvalue weighted by atomic mass is 9.94. The van der Waals surface area contributed by atoms with Crippen LogP contribution in [-0.2, 0) is 16.0 Å². The van der Waals surface area contributed by atoms with Crippen molar-refractivity contribution < 1.29 is 19.4 Å². The van der Waals surface area contributed by atoms with Crippen LogP contribution in [0.25, 0.3) is 5.76 Å². The van der Waals surface area contributed by atoms with E-state index in [4.69, 9.17) is 27.9 Å². The lowest BCUT2D eigenvalue weighted by Crippen LogP contribution is -2.29. The molecule has 1 heterocycles. The zero-order valence-corrected chi connectivity index (χ0v) is 19.5. The van der Waals surface area contributed by atoms with Gasteiger partial charge in [-0.05, 0) is 48.4 Å². The van der Waals surface area contributed by atoms with Crippen LogP contribution in [0.2, 0.25) is 10.0 Å². The van der Waals surface area contributed by atoms with E-state index in [1.54, 1.807) is 42.5 Å². The summed E-state index contributed by atoms with van der Waals surface area (Å²) in [4.78, 5) is 27.9. The molecule has 0 bridgehead atoms. The Morgan fingerprint density at radius 2 is 1.70 bits per heavy atom. The van der Waals surface area contributed by atoms with E-state index >= 15 is 0 Å². The summed E-state index contributed by atoms with van der Waals surface area (Å²) >= 11 is 12.1. The fourth-order valence-electron chi connectivity index (χ4n) is 3.98. The largest absolute Gasteiger partial charge is 0.507 e. The molecule has 7 heteroatoms. The van der Waals surface area contributed by atoms with E-state index in [2.05, 4.69) is 0 Å². The fourth-order valence-corrected chi connectivity index (χ4v) is 4.27. The van der Waals surface area contributed by atoms with Gasteiger partial charge in [-0.3, -0.25) is 14.5 Å². The van der Waals surface area contributed by atoms with Gasteiger partial charge in [0, 0.05) is 16.8 Å². The number of methoxy groups -OCH3 is 1. The highest BCUT2D eigenvalue weighted by atomic mass is 35.5. The molecule has 0 saturated carbocycles. The first-order valence-corrected chi connectivity index (χ1v) is 11.1. The average Bonchev–Trinajstić information content (AvgIpc) is 3.10. The zero-order valence-electron chi connectivity index (χ0n) is 18.0. The molecule has 1 amide bonds. The first-order valence-electron chi connectivity index (χ1n) is 10.4. The van der Waals surface area contributed by atoms with Gasteiger partial charge in [-0.1, -0.05) is 60.5 Å². The number of hydrogen-bond donors (Lipinski definition) is 1. The molecular weight excluding hydrogens is 461 g/mol. The van der Waals surface area contributed by atoms with Gasteiger partial charge >= 0.3 is 0 Å². The van der Waals surface area contributed by atoms with E-state index in [0.717, 1.165) is 12.0 Å². The van der Waals surface area contributed by atoms with E-state index < -0.39 is 17.7 Å². The van der Waals surface area contributed by atoms with Gasteiger partial charge in [0.25, 0.3) is 11.7 Å². The molecule has 4 rings (SSSR count). The van der Waals surface area contributed by atoms with Crippen LogP contribution in [0, 0.1) is 0 Å². The van der Waals surface area contributed by atoms with E-state index in [1.165, 1.54) is 24.1 Å². The topological polar surface area (TPSA) is 66.8 Å². The van der Waals surface area contributed by atoms with Crippen LogP contribution in [0.5, 0.6) is 5.75 Å². The van der Waals surface area contributed by atoms with Gasteiger partial charge in [-0.25, -0.2) is 0 Å². The van der Waals surface area contributed by atoms with Crippen LogP contribution in [0.4, 0.5) is 5.69 Å². The molecule has 1 atom stereocenters. The van der Waals surface area contributed by atoms with Crippen molar-refractivity contribution in [3.05, 3.63) is 99.0 Å². The number of aliphatic hydroxyl groups is 1. The first-order chi connectivity index (χ1) is 15.9. The van der Waals surface area contributed by atoms with Crippen molar-refractivity contribution in [2.75, 3.05) is 12.0 Å². The Morgan fingerprint density at radius 3 is 2.33 bits per heavy atom. The van der Waals surface area contributed by atoms with E-state index in [-0.39, 0.29) is 21.9 Å². The van der Waals surface area contributed by atoms with Crippen LogP contribution in [0.15, 0.2) is 72.3 Å². The summed E-state index contributed by atoms with van der Waals surface area (Å²) < 4.78 is 5.53. The van der Waals surface area contributed by atoms with Crippen molar-refractivity contribution in [3.8, 4) is 5.75 Å². The minimum absolute atomic E-state index is 0.0533. The molecule has 33 heavy (non-hydrogen) atoms. The summed E-state index contributed by atoms with van der Waals surface area (Å²) in [5.41, 5.74) is 2.44. The summed E-state index contributed by atoms with van der Waals surface area (Å²) in [6, 6.07) is 18.1. The molecule has 1 saturated heterocycles. The third-order valence-electron chi connectivity index (χ3n) is 5.69. The number of aliphatic hydroxyl groups excluding tert-OH is 1. The van der Waals surface area contributed by atoms with Gasteiger partial charge in [0.2, 0.25) is 0 Å². The molecule has 0 spiro atoms. The highest BCUT2D eigenvalue weighted by molar-refractivity contribution is 6.52. The second-order valence-electron chi connectivity index (χ2n) is 7.56. The minimum atomic E-state index is -0.900. The highest BCUT2D eigenvalue weighted by Crippen LogP contribution is 2.45. The maximum absolute atomic E-state index is 13.3. The monoisotopic (exact) mass is 481 g/mol. The number of Topliss-reactive ketones (excluding diaryl/α,β-unsaturated/α-hetero) is 1. The average molecular weight is 482 g/mol. The van der Waals surface area contributed by atoms with Crippen molar-refractivity contribution in [3.63, 3.8) is 0 Å². The van der Waals surface area contributed by atoms with Crippen molar-refractivity contribution >= 4 is 46.3 Å². The molecule has 0 aromatic heterocycles. The maximum atomic E-state index is 13.3. The molecule has 1 aliphatic rings. The molecule has 1 aliphatic heterocycles. The molecule has 5 nitrogen and oxygen atoms in total. The van der Waals surface area contributed by atoms with Crippen molar-refractivity contribution in [1.82, 2.24) is 0 Å². The van der Waals surface area contributed by atoms with E-state index in [9.17, 15) is 14.7 Å². The standard InChI is InChI=1S/C26H21Cl2NO4/c1-3-15-8-11-17(12-9-15)29-23(18-6-4-5-7-21(18)33-2)22(25(31)26(29)32)24(30)16-10-13-19(27)20(28)14-16/h4-14,23,30H,3H2,1-2H3/b24-22+. The van der Waals surface area contributed by atoms with Crippen LogP contribution in [-0.4, -0.2) is 23.9 Å². The second kappa shape index (κ2) is 9.30. The van der Waals surface area contributed by atoms with Crippen LogP contribution in [0.3, 0.4) is 0 Å². The van der Waals surface area contributed by atoms with Gasteiger partial charge in [0.1, 0.15) is 11.5 Å². The van der Waals surface area contributed by atoms with Gasteiger partial charge in [-0.2, -0.15) is 0 Å². The number of para-hydroxylation sites is 1. The molecule has 0 radical (unpaired) electrons. The zero-order chi connectivity index (χ0) is 23.7. The maximum Gasteiger partial charge on any atom is 0.300 e. The molecule has 1 N–H and O–H groups in total. The predicted molar refractivity (Wildman–Crippen MR) is 130 cm³/mol. The predicted octanol–water partition coefficient (Wildman–Crippen LogP) is 6.19. The lowest BCUT2D eigenvalue weighted by Gasteiger charge is -2.26. The van der Waals surface area contributed by atoms with Crippen LogP contribution >= 0.6 is 23.2 Å². The fraction of sp³-hybridized carbons (Fsp3) is 0.154. The number of halogens is 2. The Balaban J connectivity index is 1.97. The van der Waals surface area contributed by atoms with Crippen LogP contribution in [0.1, 0.15) is 29.7 Å². The molecule has 1 fully saturated rings. The summed E-state index contributed by atoms with van der Waals surface area (Å²) in [7, 11) is 1.51. The Hall–Kier alpha value is -3.28. The number of amides is 1. The summed E-state index contributed by atoms with van der Waals surface area (Å²) in [5.74, 6) is -1.39. The van der Waals surface area contributed by atoms with Crippen molar-refractivity contribution in [2.24, 2.45) is 0 Å². The third-order valence-corrected chi connectivity index (χ3v) is 6.43. The summed E-state index contributed by atoms with van der Waals surface area (Å²) in [6.07, 6.45) is 0.840. The number of ether oxygens (including phenoxy) is 1. The normalized spacial score (nSPS) is 17.5. The minimum Gasteiger partial charge on any atom is -0.507 e. The third kappa shape index (κ3) is 4.10. The lowest BCUT2D eigenvalue weighted by molar-refractivity contribution is -0.132. The number of anilines is 1. The molecule has 3 aromatic rings. The summed E-state index contributed by atoms with van der Waals surface area (Å²) in [6.45, 7) is 2.04. The number of rotatable bonds is 5. The first kappa shape index (κ1) is 22.9. The number of carbonyl (C=O) groups is 2. The van der Waals surface area contributed by atoms with Gasteiger partial charge in [0.15, 0.2) is 0 Å². The van der Waals surface area contributed by atoms with Gasteiger partial charge < -0.3 is 9.84 Å². The van der Waals surface area contributed by atoms with E-state index in [0.29, 0.717) is 22.0 Å². The SMILES string of the molecule is CCc1ccc(N2C(=O)C(=O)/C(=C(/O)c3ccc(Cl)c(Cl)c3)C2c2ccccc2OC)cc1. The number of carbonyl (C=O) groups excluding carboxylic acids is 2. The summed E-state index contributed by atoms with van der Waals surface area (Å²) in [5, 5.41) is 11.7. The number of aryl methyl sites for hydroxylation is 1. The highest BCUT2D eigenvalue weighted by Gasteiger charge is 2.47. The van der Waals surface area contributed by atoms with Gasteiger partial charge in [0.05, 0.1) is 28.8 Å². The van der Waals surface area contributed by atoms with Crippen LogP contribution < -0.4 is 9.64 Å².